The highest BCUT2D eigenvalue weighted by molar-refractivity contribution is 8.00. The summed E-state index contributed by atoms with van der Waals surface area (Å²) in [6, 6.07) is 16.4. The van der Waals surface area contributed by atoms with E-state index in [2.05, 4.69) is 0 Å². The largest absolute Gasteiger partial charge is 0.497 e. The van der Waals surface area contributed by atoms with Crippen LogP contribution in [-0.2, 0) is 4.79 Å². The second-order valence-electron chi connectivity index (χ2n) is 5.62. The first-order valence-corrected chi connectivity index (χ1v) is 9.42. The SMILES string of the molecule is COc1ccc(OCCN(C)C(=O)CSCC(=O)c2ccccc2)cc1. The second kappa shape index (κ2) is 10.5. The van der Waals surface area contributed by atoms with Crippen LogP contribution >= 0.6 is 11.8 Å². The number of benzene rings is 2. The normalized spacial score (nSPS) is 10.2. The summed E-state index contributed by atoms with van der Waals surface area (Å²) < 4.78 is 10.7. The molecule has 0 aliphatic carbocycles. The Kier molecular flexibility index (Phi) is 8.02. The predicted molar refractivity (Wildman–Crippen MR) is 104 cm³/mol. The van der Waals surface area contributed by atoms with E-state index < -0.39 is 0 Å². The van der Waals surface area contributed by atoms with Crippen molar-refractivity contribution >= 4 is 23.5 Å². The Labute approximate surface area is 158 Å². The summed E-state index contributed by atoms with van der Waals surface area (Å²) in [5.41, 5.74) is 0.675. The Morgan fingerprint density at radius 1 is 0.962 bits per heavy atom. The van der Waals surface area contributed by atoms with Crippen molar-refractivity contribution in [3.8, 4) is 11.5 Å². The van der Waals surface area contributed by atoms with Crippen LogP contribution in [0, 0.1) is 0 Å². The zero-order valence-corrected chi connectivity index (χ0v) is 15.8. The van der Waals surface area contributed by atoms with E-state index in [-0.39, 0.29) is 17.4 Å². The summed E-state index contributed by atoms with van der Waals surface area (Å²) in [6.07, 6.45) is 0. The number of ketones is 1. The fourth-order valence-corrected chi connectivity index (χ4v) is 2.99. The molecule has 0 aromatic heterocycles. The molecule has 0 radical (unpaired) electrons. The molecule has 2 aromatic carbocycles. The zero-order chi connectivity index (χ0) is 18.8. The average Bonchev–Trinajstić information content (AvgIpc) is 2.68. The van der Waals surface area contributed by atoms with Crippen LogP contribution in [0.4, 0.5) is 0 Å². The van der Waals surface area contributed by atoms with Crippen LogP contribution in [0.15, 0.2) is 54.6 Å². The summed E-state index contributed by atoms with van der Waals surface area (Å²) in [5, 5.41) is 0. The molecule has 0 fully saturated rings. The van der Waals surface area contributed by atoms with E-state index in [0.717, 1.165) is 11.5 Å². The van der Waals surface area contributed by atoms with Crippen LogP contribution in [0.1, 0.15) is 10.4 Å². The van der Waals surface area contributed by atoms with Crippen molar-refractivity contribution in [1.82, 2.24) is 4.90 Å². The molecule has 0 heterocycles. The number of thioether (sulfide) groups is 1. The molecule has 1 amide bonds. The van der Waals surface area contributed by atoms with Gasteiger partial charge in [0.05, 0.1) is 25.2 Å². The predicted octanol–water partition coefficient (Wildman–Crippen LogP) is 3.15. The van der Waals surface area contributed by atoms with E-state index in [1.165, 1.54) is 11.8 Å². The summed E-state index contributed by atoms with van der Waals surface area (Å²) in [5.74, 6) is 2.09. The van der Waals surface area contributed by atoms with Crippen molar-refractivity contribution in [2.45, 2.75) is 0 Å². The molecule has 0 saturated heterocycles. The van der Waals surface area contributed by atoms with Gasteiger partial charge in [0.25, 0.3) is 0 Å². The molecule has 5 nitrogen and oxygen atoms in total. The zero-order valence-electron chi connectivity index (χ0n) is 15.0. The first-order chi connectivity index (χ1) is 12.6. The monoisotopic (exact) mass is 373 g/mol. The number of hydrogen-bond acceptors (Lipinski definition) is 5. The molecule has 0 saturated carbocycles. The lowest BCUT2D eigenvalue weighted by molar-refractivity contribution is -0.127. The van der Waals surface area contributed by atoms with Gasteiger partial charge in [-0.15, -0.1) is 11.8 Å². The van der Waals surface area contributed by atoms with Crippen LogP contribution in [0.5, 0.6) is 11.5 Å². The maximum atomic E-state index is 12.1. The fraction of sp³-hybridized carbons (Fsp3) is 0.300. The average molecular weight is 373 g/mol. The first kappa shape index (κ1) is 19.8. The van der Waals surface area contributed by atoms with E-state index in [4.69, 9.17) is 9.47 Å². The number of carbonyl (C=O) groups excluding carboxylic acids is 2. The quantitative estimate of drug-likeness (QED) is 0.599. The topological polar surface area (TPSA) is 55.8 Å². The lowest BCUT2D eigenvalue weighted by Gasteiger charge is -2.17. The van der Waals surface area contributed by atoms with Gasteiger partial charge in [-0.25, -0.2) is 0 Å². The van der Waals surface area contributed by atoms with Gasteiger partial charge in [0.15, 0.2) is 5.78 Å². The maximum Gasteiger partial charge on any atom is 0.232 e. The molecule has 0 aliphatic heterocycles. The number of Topliss-reactive ketones (excluding diaryl/α,β-unsaturated/α-hetero) is 1. The lowest BCUT2D eigenvalue weighted by atomic mass is 10.2. The summed E-state index contributed by atoms with van der Waals surface area (Å²) in [4.78, 5) is 25.7. The fourth-order valence-electron chi connectivity index (χ4n) is 2.15. The molecule has 0 N–H and O–H groups in total. The van der Waals surface area contributed by atoms with Gasteiger partial charge in [0.2, 0.25) is 5.91 Å². The number of nitrogens with zero attached hydrogens (tertiary/aromatic N) is 1. The Morgan fingerprint density at radius 3 is 2.27 bits per heavy atom. The highest BCUT2D eigenvalue weighted by Crippen LogP contribution is 2.16. The third kappa shape index (κ3) is 6.44. The van der Waals surface area contributed by atoms with Crippen molar-refractivity contribution in [2.24, 2.45) is 0 Å². The van der Waals surface area contributed by atoms with Gasteiger partial charge < -0.3 is 14.4 Å². The van der Waals surface area contributed by atoms with Crippen LogP contribution in [0.3, 0.4) is 0 Å². The number of amides is 1. The van der Waals surface area contributed by atoms with Crippen LogP contribution < -0.4 is 9.47 Å². The number of rotatable bonds is 10. The molecule has 138 valence electrons. The standard InChI is InChI=1S/C20H23NO4S/c1-21(12-13-25-18-10-8-17(24-2)9-11-18)20(23)15-26-14-19(22)16-6-4-3-5-7-16/h3-11H,12-15H2,1-2H3. The van der Waals surface area contributed by atoms with Gasteiger partial charge in [0.1, 0.15) is 18.1 Å². The summed E-state index contributed by atoms with van der Waals surface area (Å²) in [7, 11) is 3.35. The molecule has 0 atom stereocenters. The Morgan fingerprint density at radius 2 is 1.62 bits per heavy atom. The number of ether oxygens (including phenoxy) is 2. The van der Waals surface area contributed by atoms with Gasteiger partial charge in [-0.05, 0) is 24.3 Å². The summed E-state index contributed by atoms with van der Waals surface area (Å²) in [6.45, 7) is 0.889. The molecule has 0 aliphatic rings. The van der Waals surface area contributed by atoms with Crippen LogP contribution in [-0.4, -0.2) is 55.4 Å². The molecular weight excluding hydrogens is 350 g/mol. The summed E-state index contributed by atoms with van der Waals surface area (Å²) >= 11 is 1.33. The number of carbonyl (C=O) groups is 2. The smallest absolute Gasteiger partial charge is 0.232 e. The van der Waals surface area contributed by atoms with Crippen LogP contribution in [0.25, 0.3) is 0 Å². The van der Waals surface area contributed by atoms with Crippen molar-refractivity contribution in [3.63, 3.8) is 0 Å². The number of methoxy groups -OCH3 is 1. The lowest BCUT2D eigenvalue weighted by Crippen LogP contribution is -2.32. The van der Waals surface area contributed by atoms with Crippen molar-refractivity contribution in [3.05, 3.63) is 60.2 Å². The molecule has 26 heavy (non-hydrogen) atoms. The molecule has 6 heteroatoms. The second-order valence-corrected chi connectivity index (χ2v) is 6.61. The maximum absolute atomic E-state index is 12.1. The molecule has 2 aromatic rings. The minimum absolute atomic E-state index is 0.0193. The van der Waals surface area contributed by atoms with Gasteiger partial charge in [-0.2, -0.15) is 0 Å². The Bertz CT molecular complexity index is 704. The highest BCUT2D eigenvalue weighted by atomic mass is 32.2. The van der Waals surface area contributed by atoms with E-state index in [0.29, 0.717) is 24.5 Å². The van der Waals surface area contributed by atoms with Gasteiger partial charge in [0, 0.05) is 12.6 Å². The number of likely N-dealkylation sites (N-methyl/N-ethyl adjacent to an activating group) is 1. The van der Waals surface area contributed by atoms with Crippen LogP contribution in [0.2, 0.25) is 0 Å². The molecular formula is C20H23NO4S. The van der Waals surface area contributed by atoms with E-state index in [9.17, 15) is 9.59 Å². The third-order valence-electron chi connectivity index (χ3n) is 3.74. The first-order valence-electron chi connectivity index (χ1n) is 8.27. The number of hydrogen-bond donors (Lipinski definition) is 0. The van der Waals surface area contributed by atoms with E-state index >= 15 is 0 Å². The molecule has 0 spiro atoms. The van der Waals surface area contributed by atoms with Gasteiger partial charge in [-0.3, -0.25) is 9.59 Å². The molecule has 0 bridgehead atoms. The molecule has 2 rings (SSSR count). The molecule has 0 unspecified atom stereocenters. The van der Waals surface area contributed by atoms with Gasteiger partial charge in [-0.1, -0.05) is 30.3 Å². The van der Waals surface area contributed by atoms with Crippen molar-refractivity contribution in [2.75, 3.05) is 38.8 Å². The minimum Gasteiger partial charge on any atom is -0.497 e. The minimum atomic E-state index is -0.0193. The van der Waals surface area contributed by atoms with Crippen molar-refractivity contribution < 1.29 is 19.1 Å². The highest BCUT2D eigenvalue weighted by Gasteiger charge is 2.11. The van der Waals surface area contributed by atoms with Crippen molar-refractivity contribution in [1.29, 1.82) is 0 Å². The third-order valence-corrected chi connectivity index (χ3v) is 4.65. The van der Waals surface area contributed by atoms with Gasteiger partial charge >= 0.3 is 0 Å². The Hall–Kier alpha value is -2.47. The van der Waals surface area contributed by atoms with E-state index in [1.54, 1.807) is 31.2 Å². The Balaban J connectivity index is 1.64. The van der Waals surface area contributed by atoms with E-state index in [1.807, 2.05) is 42.5 Å².